The van der Waals surface area contributed by atoms with Gasteiger partial charge in [0.2, 0.25) is 0 Å². The fourth-order valence-corrected chi connectivity index (χ4v) is 2.48. The molecule has 0 saturated heterocycles. The van der Waals surface area contributed by atoms with Gasteiger partial charge in [0.25, 0.3) is 0 Å². The van der Waals surface area contributed by atoms with Gasteiger partial charge in [-0.05, 0) is 11.6 Å². The van der Waals surface area contributed by atoms with E-state index in [9.17, 15) is 0 Å². The molecule has 78 valence electrons. The van der Waals surface area contributed by atoms with Crippen LogP contribution < -0.4 is 5.32 Å². The van der Waals surface area contributed by atoms with Crippen LogP contribution in [0, 0.1) is 0 Å². The van der Waals surface area contributed by atoms with Crippen molar-refractivity contribution in [3.8, 4) is 0 Å². The van der Waals surface area contributed by atoms with E-state index >= 15 is 0 Å². The minimum absolute atomic E-state index is 0.147. The molecule has 0 bridgehead atoms. The highest BCUT2D eigenvalue weighted by Gasteiger charge is 2.21. The van der Waals surface area contributed by atoms with Crippen molar-refractivity contribution < 1.29 is 0 Å². The molecule has 14 heavy (non-hydrogen) atoms. The van der Waals surface area contributed by atoms with E-state index in [2.05, 4.69) is 69.2 Å². The maximum absolute atomic E-state index is 3.58. The average molecular weight is 321 g/mol. The second-order valence-corrected chi connectivity index (χ2v) is 5.34. The second kappa shape index (κ2) is 5.29. The number of hydrogen-bond acceptors (Lipinski definition) is 1. The zero-order chi connectivity index (χ0) is 10.6. The summed E-state index contributed by atoms with van der Waals surface area (Å²) in [5, 5.41) is 3.31. The Hall–Kier alpha value is 0.140. The van der Waals surface area contributed by atoms with Crippen LogP contribution in [-0.2, 0) is 5.41 Å². The smallest absolute Gasteiger partial charge is 0.0517 e. The highest BCUT2D eigenvalue weighted by Crippen LogP contribution is 2.29. The Morgan fingerprint density at radius 1 is 1.29 bits per heavy atom. The van der Waals surface area contributed by atoms with Crippen LogP contribution in [0.15, 0.2) is 28.7 Å². The molecule has 0 amide bonds. The van der Waals surface area contributed by atoms with Crippen LogP contribution in [0.1, 0.15) is 19.4 Å². The van der Waals surface area contributed by atoms with Crippen molar-refractivity contribution >= 4 is 31.9 Å². The quantitative estimate of drug-likeness (QED) is 0.659. The van der Waals surface area contributed by atoms with Gasteiger partial charge in [-0.2, -0.15) is 0 Å². The average Bonchev–Trinajstić information content (AvgIpc) is 2.15. The molecule has 0 aromatic heterocycles. The summed E-state index contributed by atoms with van der Waals surface area (Å²) in [7, 11) is 0. The predicted molar refractivity (Wildman–Crippen MR) is 69.0 cm³/mol. The third-order valence-corrected chi connectivity index (χ3v) is 3.35. The van der Waals surface area contributed by atoms with Gasteiger partial charge in [0.15, 0.2) is 0 Å². The van der Waals surface area contributed by atoms with Crippen molar-refractivity contribution in [2.75, 3.05) is 12.0 Å². The van der Waals surface area contributed by atoms with E-state index in [1.54, 1.807) is 0 Å². The van der Waals surface area contributed by atoms with Crippen molar-refractivity contribution in [3.05, 3.63) is 34.3 Å². The Balaban J connectivity index is 2.86. The van der Waals surface area contributed by atoms with Gasteiger partial charge in [-0.25, -0.2) is 0 Å². The molecular formula is C11H15Br2N. The van der Waals surface area contributed by atoms with Gasteiger partial charge in [0, 0.05) is 16.4 Å². The summed E-state index contributed by atoms with van der Waals surface area (Å²) in [6.07, 6.45) is 0. The zero-order valence-electron chi connectivity index (χ0n) is 8.48. The number of nitrogens with one attached hydrogen (secondary N) is 1. The van der Waals surface area contributed by atoms with E-state index < -0.39 is 0 Å². The molecule has 0 radical (unpaired) electrons. The molecule has 0 spiro atoms. The van der Waals surface area contributed by atoms with Crippen LogP contribution in [0.3, 0.4) is 0 Å². The summed E-state index contributed by atoms with van der Waals surface area (Å²) in [6, 6.07) is 8.38. The number of halogens is 2. The monoisotopic (exact) mass is 319 g/mol. The van der Waals surface area contributed by atoms with E-state index in [0.717, 1.165) is 12.0 Å². The summed E-state index contributed by atoms with van der Waals surface area (Å²) in [5.41, 5.74) is 2.32. The first-order chi connectivity index (χ1) is 6.58. The lowest BCUT2D eigenvalue weighted by Gasteiger charge is -2.26. The maximum Gasteiger partial charge on any atom is 0.0517 e. The van der Waals surface area contributed by atoms with E-state index in [1.807, 2.05) is 6.07 Å². The Morgan fingerprint density at radius 3 is 2.50 bits per heavy atom. The van der Waals surface area contributed by atoms with Gasteiger partial charge in [-0.3, -0.25) is 0 Å². The van der Waals surface area contributed by atoms with Gasteiger partial charge in [0.05, 0.1) is 5.45 Å². The van der Waals surface area contributed by atoms with E-state index in [4.69, 9.17) is 0 Å². The third-order valence-electron chi connectivity index (χ3n) is 2.26. The fraction of sp³-hybridized carbons (Fsp3) is 0.455. The number of benzene rings is 1. The first-order valence-corrected chi connectivity index (χ1v) is 6.51. The van der Waals surface area contributed by atoms with Crippen LogP contribution >= 0.6 is 31.9 Å². The van der Waals surface area contributed by atoms with Crippen molar-refractivity contribution in [1.82, 2.24) is 5.32 Å². The molecule has 0 atom stereocenters. The largest absolute Gasteiger partial charge is 0.306 e. The van der Waals surface area contributed by atoms with Crippen molar-refractivity contribution in [2.45, 2.75) is 19.3 Å². The molecule has 3 heteroatoms. The van der Waals surface area contributed by atoms with E-state index in [1.165, 1.54) is 10.0 Å². The van der Waals surface area contributed by atoms with Crippen LogP contribution in [-0.4, -0.2) is 12.0 Å². The summed E-state index contributed by atoms with van der Waals surface area (Å²) in [6.45, 7) is 5.44. The van der Waals surface area contributed by atoms with E-state index in [-0.39, 0.29) is 5.41 Å². The van der Waals surface area contributed by atoms with Crippen molar-refractivity contribution in [3.63, 3.8) is 0 Å². The minimum atomic E-state index is 0.147. The lowest BCUT2D eigenvalue weighted by molar-refractivity contribution is 0.489. The fourth-order valence-electron chi connectivity index (χ4n) is 1.47. The molecule has 0 aliphatic carbocycles. The summed E-state index contributed by atoms with van der Waals surface area (Å²) in [5.74, 6) is 0. The second-order valence-electron chi connectivity index (χ2n) is 3.92. The van der Waals surface area contributed by atoms with Crippen molar-refractivity contribution in [1.29, 1.82) is 0 Å². The van der Waals surface area contributed by atoms with Gasteiger partial charge in [-0.15, -0.1) is 0 Å². The van der Waals surface area contributed by atoms with Crippen LogP contribution in [0.4, 0.5) is 0 Å². The Labute approximate surface area is 103 Å². The van der Waals surface area contributed by atoms with Gasteiger partial charge in [-0.1, -0.05) is 63.9 Å². The molecule has 0 heterocycles. The molecule has 0 unspecified atom stereocenters. The molecule has 1 rings (SSSR count). The summed E-state index contributed by atoms with van der Waals surface area (Å²) >= 11 is 6.95. The summed E-state index contributed by atoms with van der Waals surface area (Å²) < 4.78 is 1.18. The van der Waals surface area contributed by atoms with Crippen LogP contribution in [0.2, 0.25) is 0 Å². The number of alkyl halides is 1. The molecule has 1 nitrogen and oxygen atoms in total. The number of rotatable bonds is 4. The van der Waals surface area contributed by atoms with Crippen LogP contribution in [0.5, 0.6) is 0 Å². The lowest BCUT2D eigenvalue weighted by atomic mass is 9.85. The molecule has 0 fully saturated rings. The highest BCUT2D eigenvalue weighted by atomic mass is 79.9. The molecular weight excluding hydrogens is 306 g/mol. The lowest BCUT2D eigenvalue weighted by Crippen LogP contribution is -2.32. The van der Waals surface area contributed by atoms with Gasteiger partial charge < -0.3 is 5.32 Å². The Bertz CT molecular complexity index is 297. The number of hydrogen-bond donors (Lipinski definition) is 1. The highest BCUT2D eigenvalue weighted by molar-refractivity contribution is 9.10. The summed E-state index contributed by atoms with van der Waals surface area (Å²) in [4.78, 5) is 0. The maximum atomic E-state index is 3.58. The first kappa shape index (κ1) is 12.2. The SMILES string of the molecule is CC(C)(CNCBr)c1ccccc1Br. The van der Waals surface area contributed by atoms with Crippen LogP contribution in [0.25, 0.3) is 0 Å². The van der Waals surface area contributed by atoms with Gasteiger partial charge in [0.1, 0.15) is 0 Å². The molecule has 0 saturated carbocycles. The Kier molecular flexibility index (Phi) is 4.61. The molecule has 1 aromatic carbocycles. The van der Waals surface area contributed by atoms with E-state index in [0.29, 0.717) is 0 Å². The normalized spacial score (nSPS) is 11.7. The topological polar surface area (TPSA) is 12.0 Å². The third kappa shape index (κ3) is 3.07. The molecule has 1 aromatic rings. The Morgan fingerprint density at radius 2 is 1.93 bits per heavy atom. The predicted octanol–water partition coefficient (Wildman–Crippen LogP) is 3.67. The molecule has 0 aliphatic rings. The standard InChI is InChI=1S/C11H15Br2N/c1-11(2,7-14-8-12)9-5-3-4-6-10(9)13/h3-6,14H,7-8H2,1-2H3. The minimum Gasteiger partial charge on any atom is -0.306 e. The van der Waals surface area contributed by atoms with Gasteiger partial charge >= 0.3 is 0 Å². The van der Waals surface area contributed by atoms with Crippen molar-refractivity contribution in [2.24, 2.45) is 0 Å². The molecule has 1 N–H and O–H groups in total. The first-order valence-electron chi connectivity index (χ1n) is 4.59. The zero-order valence-corrected chi connectivity index (χ0v) is 11.7. The molecule has 0 aliphatic heterocycles.